The third kappa shape index (κ3) is 5.81. The summed E-state index contributed by atoms with van der Waals surface area (Å²) in [5, 5.41) is 2.67. The lowest BCUT2D eigenvalue weighted by Gasteiger charge is -2.20. The van der Waals surface area contributed by atoms with E-state index in [1.165, 1.54) is 10.6 Å². The Hall–Kier alpha value is -2.37. The molecule has 0 aliphatic heterocycles. The molecule has 0 spiro atoms. The molecule has 0 amide bonds. The minimum Gasteiger partial charge on any atom is -0.343 e. The van der Waals surface area contributed by atoms with Crippen molar-refractivity contribution in [3.05, 3.63) is 23.3 Å². The summed E-state index contributed by atoms with van der Waals surface area (Å²) in [7, 11) is 0. The van der Waals surface area contributed by atoms with Gasteiger partial charge in [0, 0.05) is 8.22 Å². The van der Waals surface area contributed by atoms with Crippen LogP contribution < -0.4 is 10.6 Å². The van der Waals surface area contributed by atoms with Crippen LogP contribution >= 0.6 is 11.6 Å². The van der Waals surface area contributed by atoms with Crippen LogP contribution in [0.4, 0.5) is 38.2 Å². The highest BCUT2D eigenvalue weighted by molar-refractivity contribution is 6.29. The number of alkyl halides is 6. The molecule has 2 unspecified atom stereocenters. The Labute approximate surface area is 164 Å². The molecule has 0 saturated carbocycles. The van der Waals surface area contributed by atoms with Gasteiger partial charge in [-0.25, -0.2) is 4.98 Å². The molecule has 148 valence electrons. The Bertz CT molecular complexity index is 950. The summed E-state index contributed by atoms with van der Waals surface area (Å²) in [5.74, 6) is -3.15. The average molecular weight is 422 g/mol. The molecule has 0 aliphatic carbocycles. The summed E-state index contributed by atoms with van der Waals surface area (Å²) >= 11 is 5.71. The van der Waals surface area contributed by atoms with Gasteiger partial charge in [-0.1, -0.05) is 17.7 Å². The van der Waals surface area contributed by atoms with Gasteiger partial charge in [0.15, 0.2) is 5.82 Å². The van der Waals surface area contributed by atoms with Gasteiger partial charge in [0.2, 0.25) is 11.9 Å². The SMILES string of the molecule is [2H]c1ccc(Cl)nc1-c1nc(NC(C([2H])([2H])[2H])C(F)(F)F)nc(NC(C([2H])([2H])[2H])C(F)(F)F)n1. The maximum atomic E-state index is 13.3. The molecule has 2 atom stereocenters. The Morgan fingerprint density at radius 2 is 1.48 bits per heavy atom. The first-order valence-corrected chi connectivity index (χ1v) is 7.13. The van der Waals surface area contributed by atoms with E-state index in [9.17, 15) is 26.3 Å². The second-order valence-electron chi connectivity index (χ2n) is 4.80. The third-order valence-electron chi connectivity index (χ3n) is 2.71. The van der Waals surface area contributed by atoms with Crippen molar-refractivity contribution in [2.24, 2.45) is 0 Å². The first-order chi connectivity index (χ1) is 15.2. The van der Waals surface area contributed by atoms with E-state index in [2.05, 4.69) is 19.9 Å². The first kappa shape index (κ1) is 12.9. The summed E-state index contributed by atoms with van der Waals surface area (Å²) in [6, 6.07) is -4.76. The molecular formula is C14H13ClF6N6. The smallest absolute Gasteiger partial charge is 0.343 e. The molecule has 6 nitrogen and oxygen atoms in total. The largest absolute Gasteiger partial charge is 0.408 e. The number of rotatable bonds is 5. The van der Waals surface area contributed by atoms with E-state index in [1.807, 2.05) is 0 Å². The van der Waals surface area contributed by atoms with Crippen LogP contribution in [-0.4, -0.2) is 44.4 Å². The summed E-state index contributed by atoms with van der Waals surface area (Å²) in [4.78, 5) is 14.0. The zero-order chi connectivity index (χ0) is 26.3. The molecule has 2 aromatic heterocycles. The number of pyridine rings is 1. The highest BCUT2D eigenvalue weighted by atomic mass is 35.5. The fourth-order valence-corrected chi connectivity index (χ4v) is 1.66. The van der Waals surface area contributed by atoms with Crippen molar-refractivity contribution in [3.63, 3.8) is 0 Å². The summed E-state index contributed by atoms with van der Waals surface area (Å²) in [6.45, 7) is -7.39. The van der Waals surface area contributed by atoms with Gasteiger partial charge in [-0.2, -0.15) is 41.3 Å². The standard InChI is InChI=1S/C14H13ClF6N6/c1-6(13(16,17)18)22-11-25-10(8-4-3-5-9(15)24-8)26-12(27-11)23-7(2)14(19,20)21/h3-7H,1-2H3,(H2,22,23,25,26,27)/i1D3,2D3,4D. The van der Waals surface area contributed by atoms with E-state index in [0.717, 1.165) is 12.1 Å². The number of anilines is 2. The number of hydrogen-bond acceptors (Lipinski definition) is 6. The van der Waals surface area contributed by atoms with Crippen molar-refractivity contribution in [2.45, 2.75) is 38.1 Å². The van der Waals surface area contributed by atoms with Crippen molar-refractivity contribution in [3.8, 4) is 11.5 Å². The number of nitrogens with one attached hydrogen (secondary N) is 2. The molecule has 2 rings (SSSR count). The molecule has 0 aromatic carbocycles. The highest BCUT2D eigenvalue weighted by Gasteiger charge is 2.38. The molecule has 27 heavy (non-hydrogen) atoms. The van der Waals surface area contributed by atoms with E-state index >= 15 is 0 Å². The van der Waals surface area contributed by atoms with Crippen molar-refractivity contribution < 1.29 is 35.9 Å². The van der Waals surface area contributed by atoms with Gasteiger partial charge in [-0.15, -0.1) is 0 Å². The molecule has 0 radical (unpaired) electrons. The second-order valence-corrected chi connectivity index (χ2v) is 5.19. The number of nitrogens with zero attached hydrogens (tertiary/aromatic N) is 4. The summed E-state index contributed by atoms with van der Waals surface area (Å²) in [5.41, 5.74) is -0.518. The van der Waals surface area contributed by atoms with Crippen LogP contribution in [0.1, 0.15) is 23.3 Å². The van der Waals surface area contributed by atoms with Crippen LogP contribution in [0.5, 0.6) is 0 Å². The topological polar surface area (TPSA) is 75.6 Å². The van der Waals surface area contributed by atoms with Crippen molar-refractivity contribution in [2.75, 3.05) is 10.6 Å². The molecule has 0 aliphatic rings. The monoisotopic (exact) mass is 421 g/mol. The van der Waals surface area contributed by atoms with Crippen LogP contribution in [0, 0.1) is 0 Å². The van der Waals surface area contributed by atoms with Gasteiger partial charge in [-0.05, 0) is 25.8 Å². The third-order valence-corrected chi connectivity index (χ3v) is 2.92. The van der Waals surface area contributed by atoms with Gasteiger partial charge >= 0.3 is 12.4 Å². The molecule has 2 heterocycles. The zero-order valence-electron chi connectivity index (χ0n) is 19.7. The van der Waals surface area contributed by atoms with Crippen LogP contribution in [0.15, 0.2) is 18.2 Å². The van der Waals surface area contributed by atoms with Crippen LogP contribution in [-0.2, 0) is 0 Å². The van der Waals surface area contributed by atoms with Crippen LogP contribution in [0.25, 0.3) is 11.5 Å². The summed E-state index contributed by atoms with van der Waals surface area (Å²) < 4.78 is 130. The zero-order valence-corrected chi connectivity index (χ0v) is 13.5. The van der Waals surface area contributed by atoms with Crippen molar-refractivity contribution in [1.82, 2.24) is 19.9 Å². The lowest BCUT2D eigenvalue weighted by Crippen LogP contribution is -2.35. The van der Waals surface area contributed by atoms with E-state index < -0.39 is 67.6 Å². The Balaban J connectivity index is 2.68. The number of hydrogen-bond donors (Lipinski definition) is 2. The van der Waals surface area contributed by atoms with E-state index in [1.54, 1.807) is 0 Å². The quantitative estimate of drug-likeness (QED) is 0.553. The first-order valence-electron chi connectivity index (χ1n) is 10.3. The van der Waals surface area contributed by atoms with E-state index in [4.69, 9.17) is 21.2 Å². The molecule has 0 saturated heterocycles. The van der Waals surface area contributed by atoms with E-state index in [0.29, 0.717) is 0 Å². The highest BCUT2D eigenvalue weighted by Crippen LogP contribution is 2.26. The fraction of sp³-hybridized carbons (Fsp3) is 0.429. The van der Waals surface area contributed by atoms with Gasteiger partial charge in [0.05, 0.1) is 1.37 Å². The summed E-state index contributed by atoms with van der Waals surface area (Å²) in [6.07, 6.45) is -10.8. The Kier molecular flexibility index (Phi) is 3.69. The van der Waals surface area contributed by atoms with Gasteiger partial charge in [-0.3, -0.25) is 0 Å². The van der Waals surface area contributed by atoms with Crippen LogP contribution in [0.2, 0.25) is 5.15 Å². The number of aromatic nitrogens is 4. The molecule has 0 fully saturated rings. The van der Waals surface area contributed by atoms with Gasteiger partial charge in [0.1, 0.15) is 22.9 Å². The molecular weight excluding hydrogens is 402 g/mol. The normalized spacial score (nSPS) is 19.3. The maximum absolute atomic E-state index is 13.3. The predicted octanol–water partition coefficient (Wildman–Crippen LogP) is 4.31. The predicted molar refractivity (Wildman–Crippen MR) is 86.3 cm³/mol. The number of halogens is 7. The van der Waals surface area contributed by atoms with E-state index in [-0.39, 0.29) is 5.15 Å². The lowest BCUT2D eigenvalue weighted by molar-refractivity contribution is -0.139. The van der Waals surface area contributed by atoms with Crippen LogP contribution in [0.3, 0.4) is 0 Å². The van der Waals surface area contributed by atoms with Gasteiger partial charge < -0.3 is 10.6 Å². The fourth-order valence-electron chi connectivity index (χ4n) is 1.51. The second kappa shape index (κ2) is 7.71. The van der Waals surface area contributed by atoms with Gasteiger partial charge in [0.25, 0.3) is 0 Å². The Morgan fingerprint density at radius 1 is 0.963 bits per heavy atom. The average Bonchev–Trinajstić information content (AvgIpc) is 2.62. The van der Waals surface area contributed by atoms with Crippen molar-refractivity contribution in [1.29, 1.82) is 0 Å². The molecule has 0 bridgehead atoms. The molecule has 2 N–H and O–H groups in total. The minimum atomic E-state index is -5.38. The Morgan fingerprint density at radius 3 is 1.93 bits per heavy atom. The maximum Gasteiger partial charge on any atom is 0.408 e. The molecule has 13 heteroatoms. The minimum absolute atomic E-state index is 0.248. The lowest BCUT2D eigenvalue weighted by atomic mass is 10.3. The molecule has 2 aromatic rings. The van der Waals surface area contributed by atoms with Crippen molar-refractivity contribution >= 4 is 23.5 Å².